The summed E-state index contributed by atoms with van der Waals surface area (Å²) in [4.78, 5) is 9.70. The molecule has 2 heterocycles. The lowest BCUT2D eigenvalue weighted by molar-refractivity contribution is 0.589. The van der Waals surface area contributed by atoms with Gasteiger partial charge in [-0.05, 0) is 24.8 Å². The molecule has 2 rings (SSSR count). The van der Waals surface area contributed by atoms with Crippen molar-refractivity contribution in [3.05, 3.63) is 16.8 Å². The van der Waals surface area contributed by atoms with Crippen molar-refractivity contribution in [2.24, 2.45) is 0 Å². The number of hydrogen-bond donors (Lipinski definition) is 2. The number of aromatic nitrogens is 2. The summed E-state index contributed by atoms with van der Waals surface area (Å²) in [7, 11) is -3.15. The molecule has 0 unspecified atom stereocenters. The normalized spacial score (nSPS) is 11.9. The smallest absolute Gasteiger partial charge is 0.208 e. The first-order valence-corrected chi connectivity index (χ1v) is 8.55. The van der Waals surface area contributed by atoms with Crippen molar-refractivity contribution in [2.45, 2.75) is 13.8 Å². The van der Waals surface area contributed by atoms with Crippen molar-refractivity contribution in [3.8, 4) is 0 Å². The molecule has 6 nitrogen and oxygen atoms in total. The highest BCUT2D eigenvalue weighted by atomic mass is 32.2. The van der Waals surface area contributed by atoms with Crippen LogP contribution in [0, 0.1) is 13.8 Å². The molecular weight excluding hydrogens is 284 g/mol. The average molecular weight is 300 g/mol. The molecule has 2 aromatic heterocycles. The van der Waals surface area contributed by atoms with E-state index in [1.54, 1.807) is 11.3 Å². The Bertz CT molecular complexity index is 694. The third-order valence-corrected chi connectivity index (χ3v) is 4.23. The molecular formula is C11H16N4O2S2. The molecule has 104 valence electrons. The third-order valence-electron chi connectivity index (χ3n) is 2.51. The van der Waals surface area contributed by atoms with Gasteiger partial charge in [-0.2, -0.15) is 0 Å². The highest BCUT2D eigenvalue weighted by molar-refractivity contribution is 7.88. The summed E-state index contributed by atoms with van der Waals surface area (Å²) in [6.07, 6.45) is 1.14. The predicted molar refractivity (Wildman–Crippen MR) is 78.2 cm³/mol. The van der Waals surface area contributed by atoms with E-state index in [9.17, 15) is 8.42 Å². The van der Waals surface area contributed by atoms with Crippen molar-refractivity contribution in [1.29, 1.82) is 0 Å². The monoisotopic (exact) mass is 300 g/mol. The first-order valence-electron chi connectivity index (χ1n) is 5.78. The van der Waals surface area contributed by atoms with E-state index in [4.69, 9.17) is 0 Å². The minimum Gasteiger partial charge on any atom is -0.368 e. The number of aryl methyl sites for hydroxylation is 2. The largest absolute Gasteiger partial charge is 0.368 e. The molecule has 0 saturated carbocycles. The molecule has 0 saturated heterocycles. The van der Waals surface area contributed by atoms with Crippen LogP contribution in [0.25, 0.3) is 10.2 Å². The first kappa shape index (κ1) is 14.2. The number of rotatable bonds is 5. The van der Waals surface area contributed by atoms with Gasteiger partial charge in [0, 0.05) is 13.1 Å². The maximum Gasteiger partial charge on any atom is 0.208 e. The van der Waals surface area contributed by atoms with Crippen LogP contribution in [0.1, 0.15) is 11.4 Å². The fourth-order valence-electron chi connectivity index (χ4n) is 1.74. The van der Waals surface area contributed by atoms with Crippen molar-refractivity contribution in [1.82, 2.24) is 14.7 Å². The molecule has 2 N–H and O–H groups in total. The van der Waals surface area contributed by atoms with Crippen LogP contribution in [0.15, 0.2) is 5.38 Å². The van der Waals surface area contributed by atoms with Crippen LogP contribution in [-0.4, -0.2) is 37.7 Å². The Kier molecular flexibility index (Phi) is 4.02. The molecule has 0 aliphatic heterocycles. The summed E-state index contributed by atoms with van der Waals surface area (Å²) in [5.74, 6) is 1.46. The highest BCUT2D eigenvalue weighted by Crippen LogP contribution is 2.28. The molecule has 0 aliphatic rings. The number of sulfonamides is 1. The van der Waals surface area contributed by atoms with Crippen molar-refractivity contribution >= 4 is 37.4 Å². The molecule has 0 bridgehead atoms. The second kappa shape index (κ2) is 5.40. The van der Waals surface area contributed by atoms with Crippen LogP contribution in [0.5, 0.6) is 0 Å². The van der Waals surface area contributed by atoms with Crippen LogP contribution in [0.2, 0.25) is 0 Å². The lowest BCUT2D eigenvalue weighted by atomic mass is 10.2. The number of thiophene rings is 1. The standard InChI is InChI=1S/C11H16N4O2S2/c1-7-6-18-11-9(7)10(14-8(2)15-11)12-4-5-13-19(3,16)17/h6,13H,4-5H2,1-3H3,(H,12,14,15). The summed E-state index contributed by atoms with van der Waals surface area (Å²) in [6.45, 7) is 4.66. The van der Waals surface area contributed by atoms with Gasteiger partial charge in [-0.25, -0.2) is 23.1 Å². The van der Waals surface area contributed by atoms with Crippen LogP contribution in [0.4, 0.5) is 5.82 Å². The topological polar surface area (TPSA) is 84.0 Å². The summed E-state index contributed by atoms with van der Waals surface area (Å²) >= 11 is 1.58. The van der Waals surface area contributed by atoms with E-state index in [0.29, 0.717) is 18.9 Å². The van der Waals surface area contributed by atoms with Crippen LogP contribution in [-0.2, 0) is 10.0 Å². The second-order valence-corrected chi connectivity index (χ2v) is 7.00. The van der Waals surface area contributed by atoms with Crippen molar-refractivity contribution in [2.75, 3.05) is 24.7 Å². The first-order chi connectivity index (χ1) is 8.87. The number of nitrogens with one attached hydrogen (secondary N) is 2. The lowest BCUT2D eigenvalue weighted by Crippen LogP contribution is -2.27. The Labute approximate surface area is 116 Å². The number of fused-ring (bicyclic) bond motifs is 1. The van der Waals surface area contributed by atoms with Crippen LogP contribution < -0.4 is 10.0 Å². The zero-order valence-electron chi connectivity index (χ0n) is 11.0. The van der Waals surface area contributed by atoms with Crippen LogP contribution >= 0.6 is 11.3 Å². The summed E-state index contributed by atoms with van der Waals surface area (Å²) in [5.41, 5.74) is 1.12. The zero-order chi connectivity index (χ0) is 14.0. The van der Waals surface area contributed by atoms with Gasteiger partial charge in [0.1, 0.15) is 16.5 Å². The minimum atomic E-state index is -3.15. The fourth-order valence-corrected chi connectivity index (χ4v) is 3.18. The molecule has 0 fully saturated rings. The molecule has 0 aliphatic carbocycles. The molecule has 8 heteroatoms. The van der Waals surface area contributed by atoms with E-state index in [1.165, 1.54) is 0 Å². The Morgan fingerprint density at radius 2 is 2.00 bits per heavy atom. The van der Waals surface area contributed by atoms with Crippen molar-refractivity contribution < 1.29 is 8.42 Å². The van der Waals surface area contributed by atoms with Gasteiger partial charge in [0.05, 0.1) is 11.6 Å². The number of hydrogen-bond acceptors (Lipinski definition) is 6. The fraction of sp³-hybridized carbons (Fsp3) is 0.455. The lowest BCUT2D eigenvalue weighted by Gasteiger charge is -2.08. The van der Waals surface area contributed by atoms with Gasteiger partial charge in [-0.15, -0.1) is 11.3 Å². The SMILES string of the molecule is Cc1nc(NCCNS(C)(=O)=O)c2c(C)csc2n1. The van der Waals surface area contributed by atoms with E-state index in [1.807, 2.05) is 19.2 Å². The van der Waals surface area contributed by atoms with Gasteiger partial charge >= 0.3 is 0 Å². The molecule has 2 aromatic rings. The molecule has 0 amide bonds. The summed E-state index contributed by atoms with van der Waals surface area (Å²) in [6, 6.07) is 0. The average Bonchev–Trinajstić information content (AvgIpc) is 2.65. The molecule has 0 aromatic carbocycles. The molecule has 0 spiro atoms. The van der Waals surface area contributed by atoms with Gasteiger partial charge in [-0.3, -0.25) is 0 Å². The molecule has 0 atom stereocenters. The zero-order valence-corrected chi connectivity index (χ0v) is 12.7. The van der Waals surface area contributed by atoms with Gasteiger partial charge in [0.2, 0.25) is 10.0 Å². The van der Waals surface area contributed by atoms with E-state index < -0.39 is 10.0 Å². The Morgan fingerprint density at radius 1 is 1.26 bits per heavy atom. The highest BCUT2D eigenvalue weighted by Gasteiger charge is 2.10. The van der Waals surface area contributed by atoms with E-state index in [0.717, 1.165) is 27.9 Å². The number of nitrogens with zero attached hydrogens (tertiary/aromatic N) is 2. The Morgan fingerprint density at radius 3 is 2.68 bits per heavy atom. The number of anilines is 1. The van der Waals surface area contributed by atoms with Gasteiger partial charge in [0.25, 0.3) is 0 Å². The molecule has 19 heavy (non-hydrogen) atoms. The van der Waals surface area contributed by atoms with Gasteiger partial charge < -0.3 is 5.32 Å². The van der Waals surface area contributed by atoms with E-state index in [-0.39, 0.29) is 0 Å². The van der Waals surface area contributed by atoms with Crippen molar-refractivity contribution in [3.63, 3.8) is 0 Å². The maximum absolute atomic E-state index is 11.0. The Hall–Kier alpha value is -1.25. The Balaban J connectivity index is 2.14. The maximum atomic E-state index is 11.0. The minimum absolute atomic E-state index is 0.326. The summed E-state index contributed by atoms with van der Waals surface area (Å²) < 4.78 is 24.4. The third kappa shape index (κ3) is 3.62. The van der Waals surface area contributed by atoms with Gasteiger partial charge in [0.15, 0.2) is 0 Å². The van der Waals surface area contributed by atoms with Crippen LogP contribution in [0.3, 0.4) is 0 Å². The predicted octanol–water partition coefficient (Wildman–Crippen LogP) is 1.27. The van der Waals surface area contributed by atoms with E-state index >= 15 is 0 Å². The van der Waals surface area contributed by atoms with Gasteiger partial charge in [-0.1, -0.05) is 0 Å². The quantitative estimate of drug-likeness (QED) is 0.812. The second-order valence-electron chi connectivity index (χ2n) is 4.31. The summed E-state index contributed by atoms with van der Waals surface area (Å²) in [5, 5.41) is 6.21. The molecule has 0 radical (unpaired) electrons. The van der Waals surface area contributed by atoms with E-state index in [2.05, 4.69) is 20.0 Å².